The van der Waals surface area contributed by atoms with E-state index in [1.165, 1.54) is 20.0 Å². The summed E-state index contributed by atoms with van der Waals surface area (Å²) in [6.45, 7) is 1.36. The Morgan fingerprint density at radius 1 is 1.38 bits per heavy atom. The number of rotatable bonds is 1. The number of carbonyl (C=O) groups excluding carboxylic acids is 1. The van der Waals surface area contributed by atoms with Crippen LogP contribution < -0.4 is 5.32 Å². The molecule has 1 N–H and O–H groups in total. The maximum absolute atomic E-state index is 12.9. The first kappa shape index (κ1) is 9.64. The zero-order valence-electron chi connectivity index (χ0n) is 7.32. The van der Waals surface area contributed by atoms with Gasteiger partial charge in [-0.15, -0.1) is 0 Å². The quantitative estimate of drug-likeness (QED) is 0.707. The molecule has 0 saturated heterocycles. The van der Waals surface area contributed by atoms with Gasteiger partial charge in [-0.1, -0.05) is 0 Å². The fourth-order valence-corrected chi connectivity index (χ4v) is 1.03. The van der Waals surface area contributed by atoms with Gasteiger partial charge in [0.15, 0.2) is 11.6 Å². The van der Waals surface area contributed by atoms with Gasteiger partial charge in [-0.25, -0.2) is 8.78 Å². The molecule has 0 aliphatic heterocycles. The summed E-state index contributed by atoms with van der Waals surface area (Å²) >= 11 is 0. The van der Waals surface area contributed by atoms with Gasteiger partial charge in [0.05, 0.1) is 0 Å². The molecule has 13 heavy (non-hydrogen) atoms. The Hall–Kier alpha value is -1.45. The van der Waals surface area contributed by atoms with Crippen molar-refractivity contribution >= 4 is 5.91 Å². The fraction of sp³-hybridized carbons (Fsp3) is 0.222. The Morgan fingerprint density at radius 2 is 2.00 bits per heavy atom. The molecule has 0 aliphatic rings. The van der Waals surface area contributed by atoms with Crippen LogP contribution >= 0.6 is 0 Å². The lowest BCUT2D eigenvalue weighted by Gasteiger charge is -2.05. The Balaban J connectivity index is 3.26. The predicted molar refractivity (Wildman–Crippen MR) is 44.5 cm³/mol. The van der Waals surface area contributed by atoms with Crippen LogP contribution in [0.2, 0.25) is 0 Å². The van der Waals surface area contributed by atoms with Crippen LogP contribution in [0.5, 0.6) is 0 Å². The van der Waals surface area contributed by atoms with Gasteiger partial charge in [0.1, 0.15) is 0 Å². The SMILES string of the molecule is CNC(=O)c1ccc(F)c(F)c1C. The van der Waals surface area contributed by atoms with Gasteiger partial charge in [0, 0.05) is 18.2 Å². The van der Waals surface area contributed by atoms with Gasteiger partial charge in [-0.2, -0.15) is 0 Å². The van der Waals surface area contributed by atoms with Crippen molar-refractivity contribution in [3.8, 4) is 0 Å². The number of halogens is 2. The highest BCUT2D eigenvalue weighted by atomic mass is 19.2. The van der Waals surface area contributed by atoms with Crippen LogP contribution in [0.3, 0.4) is 0 Å². The zero-order valence-corrected chi connectivity index (χ0v) is 7.32. The molecule has 0 bridgehead atoms. The van der Waals surface area contributed by atoms with Crippen molar-refractivity contribution in [3.05, 3.63) is 34.9 Å². The standard InChI is InChI=1S/C9H9F2NO/c1-5-6(9(13)12-2)3-4-7(10)8(5)11/h3-4H,1-2H3,(H,12,13). The average molecular weight is 185 g/mol. The molecular weight excluding hydrogens is 176 g/mol. The minimum Gasteiger partial charge on any atom is -0.355 e. The molecule has 0 radical (unpaired) electrons. The maximum atomic E-state index is 12.9. The molecule has 0 fully saturated rings. The van der Waals surface area contributed by atoms with Crippen LogP contribution in [0.4, 0.5) is 8.78 Å². The molecule has 4 heteroatoms. The van der Waals surface area contributed by atoms with Gasteiger partial charge in [0.25, 0.3) is 5.91 Å². The lowest BCUT2D eigenvalue weighted by atomic mass is 10.1. The number of hydrogen-bond acceptors (Lipinski definition) is 1. The summed E-state index contributed by atoms with van der Waals surface area (Å²) in [7, 11) is 1.43. The second-order valence-corrected chi connectivity index (χ2v) is 2.61. The molecule has 1 aromatic rings. The van der Waals surface area contributed by atoms with Crippen molar-refractivity contribution in [2.24, 2.45) is 0 Å². The van der Waals surface area contributed by atoms with Crippen molar-refractivity contribution in [3.63, 3.8) is 0 Å². The number of benzene rings is 1. The summed E-state index contributed by atoms with van der Waals surface area (Å²) in [5, 5.41) is 2.34. The van der Waals surface area contributed by atoms with Crippen LogP contribution in [-0.4, -0.2) is 13.0 Å². The summed E-state index contributed by atoms with van der Waals surface area (Å²) in [5.41, 5.74) is 0.181. The lowest BCUT2D eigenvalue weighted by molar-refractivity contribution is 0.0962. The van der Waals surface area contributed by atoms with E-state index in [4.69, 9.17) is 0 Å². The predicted octanol–water partition coefficient (Wildman–Crippen LogP) is 1.63. The van der Waals surface area contributed by atoms with Crippen molar-refractivity contribution in [1.82, 2.24) is 5.32 Å². The Bertz CT molecular complexity index is 350. The van der Waals surface area contributed by atoms with Crippen molar-refractivity contribution < 1.29 is 13.6 Å². The van der Waals surface area contributed by atoms with Crippen LogP contribution in [-0.2, 0) is 0 Å². The van der Waals surface area contributed by atoms with E-state index in [2.05, 4.69) is 5.32 Å². The first-order chi connectivity index (χ1) is 6.07. The van der Waals surface area contributed by atoms with Crippen LogP contribution in [0.1, 0.15) is 15.9 Å². The third-order valence-corrected chi connectivity index (χ3v) is 1.81. The molecule has 2 nitrogen and oxygen atoms in total. The topological polar surface area (TPSA) is 29.1 Å². The van der Waals surface area contributed by atoms with Gasteiger partial charge in [-0.05, 0) is 19.1 Å². The zero-order chi connectivity index (χ0) is 10.0. The number of hydrogen-bond donors (Lipinski definition) is 1. The summed E-state index contributed by atoms with van der Waals surface area (Å²) in [6.07, 6.45) is 0. The molecule has 70 valence electrons. The normalized spacial score (nSPS) is 9.85. The molecule has 0 saturated carbocycles. The highest BCUT2D eigenvalue weighted by Crippen LogP contribution is 2.15. The van der Waals surface area contributed by atoms with E-state index < -0.39 is 17.5 Å². The molecule has 0 spiro atoms. The molecule has 1 rings (SSSR count). The smallest absolute Gasteiger partial charge is 0.251 e. The molecule has 0 unspecified atom stereocenters. The molecule has 0 atom stereocenters. The van der Waals surface area contributed by atoms with Crippen molar-refractivity contribution in [2.45, 2.75) is 6.92 Å². The molecule has 0 aromatic heterocycles. The molecule has 0 aliphatic carbocycles. The third kappa shape index (κ3) is 1.66. The number of nitrogens with one attached hydrogen (secondary N) is 1. The fourth-order valence-electron chi connectivity index (χ4n) is 1.03. The van der Waals surface area contributed by atoms with E-state index in [0.29, 0.717) is 0 Å². The van der Waals surface area contributed by atoms with Crippen molar-refractivity contribution in [2.75, 3.05) is 7.05 Å². The molecule has 1 amide bonds. The summed E-state index contributed by atoms with van der Waals surface area (Å²) in [6, 6.07) is 2.19. The highest BCUT2D eigenvalue weighted by Gasteiger charge is 2.13. The van der Waals surface area contributed by atoms with Gasteiger partial charge in [0.2, 0.25) is 0 Å². The van der Waals surface area contributed by atoms with E-state index >= 15 is 0 Å². The molecule has 1 aromatic carbocycles. The van der Waals surface area contributed by atoms with E-state index in [0.717, 1.165) is 6.07 Å². The molecular formula is C9H9F2NO. The van der Waals surface area contributed by atoms with Gasteiger partial charge < -0.3 is 5.32 Å². The summed E-state index contributed by atoms with van der Waals surface area (Å²) in [5.74, 6) is -2.33. The van der Waals surface area contributed by atoms with E-state index in [1.807, 2.05) is 0 Å². The van der Waals surface area contributed by atoms with Crippen LogP contribution in [0, 0.1) is 18.6 Å². The van der Waals surface area contributed by atoms with E-state index in [1.54, 1.807) is 0 Å². The number of carbonyl (C=O) groups is 1. The Labute approximate surface area is 74.6 Å². The van der Waals surface area contributed by atoms with Crippen LogP contribution in [0.25, 0.3) is 0 Å². The Morgan fingerprint density at radius 3 is 2.54 bits per heavy atom. The largest absolute Gasteiger partial charge is 0.355 e. The second kappa shape index (κ2) is 3.51. The highest BCUT2D eigenvalue weighted by molar-refractivity contribution is 5.95. The van der Waals surface area contributed by atoms with Crippen molar-refractivity contribution in [1.29, 1.82) is 0 Å². The number of amides is 1. The lowest BCUT2D eigenvalue weighted by Crippen LogP contribution is -2.19. The third-order valence-electron chi connectivity index (χ3n) is 1.81. The first-order valence-corrected chi connectivity index (χ1v) is 3.74. The van der Waals surface area contributed by atoms with Gasteiger partial charge in [-0.3, -0.25) is 4.79 Å². The van der Waals surface area contributed by atoms with Crippen LogP contribution in [0.15, 0.2) is 12.1 Å². The minimum atomic E-state index is -0.971. The second-order valence-electron chi connectivity index (χ2n) is 2.61. The summed E-state index contributed by atoms with van der Waals surface area (Å²) < 4.78 is 25.6. The summed E-state index contributed by atoms with van der Waals surface area (Å²) in [4.78, 5) is 11.1. The van der Waals surface area contributed by atoms with E-state index in [9.17, 15) is 13.6 Å². The maximum Gasteiger partial charge on any atom is 0.251 e. The monoisotopic (exact) mass is 185 g/mol. The van der Waals surface area contributed by atoms with E-state index in [-0.39, 0.29) is 11.1 Å². The van der Waals surface area contributed by atoms with Gasteiger partial charge >= 0.3 is 0 Å². The molecule has 0 heterocycles. The minimum absolute atomic E-state index is 0.0272. The Kier molecular flexibility index (Phi) is 2.60. The average Bonchev–Trinajstić information content (AvgIpc) is 2.13. The first-order valence-electron chi connectivity index (χ1n) is 3.74.